The predicted octanol–water partition coefficient (Wildman–Crippen LogP) is 16.7. The van der Waals surface area contributed by atoms with Gasteiger partial charge in [0.05, 0.1) is 111 Å². The lowest BCUT2D eigenvalue weighted by Gasteiger charge is -2.45. The molecule has 27 nitrogen and oxygen atoms in total. The molecule has 0 atom stereocenters. The van der Waals surface area contributed by atoms with E-state index in [9.17, 15) is 38.4 Å². The van der Waals surface area contributed by atoms with Gasteiger partial charge in [0.1, 0.15) is 41.3 Å². The Hall–Kier alpha value is -9.19. The normalized spacial score (nSPS) is 15.3. The molecule has 8 aliphatic rings. The van der Waals surface area contributed by atoms with Crippen molar-refractivity contribution in [3.8, 4) is 5.88 Å². The summed E-state index contributed by atoms with van der Waals surface area (Å²) < 4.78 is 27.0. The van der Waals surface area contributed by atoms with E-state index in [4.69, 9.17) is 4.74 Å². The number of thiazole rings is 1. The molecule has 15 rings (SSSR count). The Morgan fingerprint density at radius 2 is 1.07 bits per heavy atom. The number of rotatable bonds is 21. The third kappa shape index (κ3) is 28.2. The molecule has 0 radical (unpaired) electrons. The van der Waals surface area contributed by atoms with Crippen LogP contribution in [0.3, 0.4) is 0 Å². The van der Waals surface area contributed by atoms with Gasteiger partial charge < -0.3 is 19.0 Å². The number of aryl methyl sites for hydroxylation is 1. The average Bonchev–Trinajstić information content (AvgIpc) is 1.60. The number of hydrazine groups is 2. The van der Waals surface area contributed by atoms with Gasteiger partial charge in [0.25, 0.3) is 11.5 Å². The van der Waals surface area contributed by atoms with Gasteiger partial charge in [-0.25, -0.2) is 34.2 Å². The first kappa shape index (κ1) is 114. The van der Waals surface area contributed by atoms with Crippen molar-refractivity contribution in [2.75, 3.05) is 85.5 Å². The van der Waals surface area contributed by atoms with Gasteiger partial charge in [-0.15, -0.1) is 8.64 Å². The molecule has 0 unspecified atom stereocenters. The van der Waals surface area contributed by atoms with Crippen LogP contribution in [0.15, 0.2) is 67.4 Å². The molecule has 2 aliphatic carbocycles. The van der Waals surface area contributed by atoms with E-state index < -0.39 is 0 Å². The van der Waals surface area contributed by atoms with Gasteiger partial charge in [0.2, 0.25) is 46.7 Å². The summed E-state index contributed by atoms with van der Waals surface area (Å²) in [4.78, 5) is 104. The number of quaternary nitrogens is 1. The molecule has 0 spiro atoms. The zero-order chi connectivity index (χ0) is 103. The first-order chi connectivity index (χ1) is 64.8. The first-order valence-electron chi connectivity index (χ1n) is 52.1. The molecule has 3 N–H and O–H groups in total. The van der Waals surface area contributed by atoms with Crippen molar-refractivity contribution in [2.24, 2.45) is 54.4 Å². The van der Waals surface area contributed by atoms with Crippen molar-refractivity contribution in [1.82, 2.24) is 24.6 Å². The Bertz CT molecular complexity index is 5190. The number of fused-ring (bicyclic) bond motifs is 7. The molecular formula is C109H180N18O9S2+8. The number of pyridine rings is 3. The molecule has 138 heavy (non-hydrogen) atoms. The van der Waals surface area contributed by atoms with Crippen molar-refractivity contribution in [1.29, 1.82) is 0 Å². The fourth-order valence-electron chi connectivity index (χ4n) is 18.9. The second-order valence-corrected chi connectivity index (χ2v) is 45.7. The van der Waals surface area contributed by atoms with Gasteiger partial charge in [-0.2, -0.15) is 18.4 Å². The maximum atomic E-state index is 12.3. The number of nitrogens with zero attached hydrogens (tertiary/aromatic N) is 15. The summed E-state index contributed by atoms with van der Waals surface area (Å²) in [5, 5.41) is 8.68. The summed E-state index contributed by atoms with van der Waals surface area (Å²) in [6, 6.07) is 16.3. The van der Waals surface area contributed by atoms with Crippen LogP contribution in [0.2, 0.25) is 0 Å². The van der Waals surface area contributed by atoms with Crippen LogP contribution in [0.5, 0.6) is 5.88 Å². The van der Waals surface area contributed by atoms with Crippen molar-refractivity contribution >= 4 is 97.1 Å². The number of hydrogen-bond donors (Lipinski definition) is 3. The number of anilines is 5. The van der Waals surface area contributed by atoms with Crippen LogP contribution in [0.25, 0.3) is 0 Å². The standard InChI is InChI=1S/2C14H22N3O.C14H21N2O2.2C14H23N2O.C14H29N2O.C13H20N2OS.C12H19N2OS/c1-10(2)14(18)17-13-6-5-9-16(11(3)4)12(13)7-8-15-17;1-10(2)14(18)17-9-7-13-12(15-17)6-5-8-16(13)11(3)4;1-10(2)13(17)16-8-9-18-14-12(16)6-5-7-15(14)11(3)4;1-9(2)14(17)13-11-7-6-8-12(11)16(10(3)4)15(13)5;1-10(2)13(17)8-12-9-16(11(3)4)14-6-5-7-15(12)14;1-11(2)14(17)15-9-7-13(8-10-15)16(5,6)12(3)4;1-8(2)12(16)14-13-15(9(3)4)10-6-5-7-11(10)17-13;1-8(2)11(15)13-6-5-10-7-14(9(3)4)16-12(10)13/h5-6,9-11,15H,7-8H2,1-4H3;5-6,8,10-11,15H,7,9H2,1-4H3;5-7,10-11H,8-9H2,1-4H3;9-10H,6-8H2,1-5H3;9-11H,5-8H2,1-4H3;11-13H,7-10H2,1-6H3;8-9H,5-7H2,1-4H3;7-9H,5-6H2,1-4H3/q6*+1;;+1/p+1. The molecule has 0 saturated carbocycles. The highest BCUT2D eigenvalue weighted by molar-refractivity contribution is 7.15. The number of imidazole rings is 1. The van der Waals surface area contributed by atoms with Gasteiger partial charge in [-0.1, -0.05) is 122 Å². The highest BCUT2D eigenvalue weighted by Crippen LogP contribution is 2.36. The monoisotopic (exact) mass is 1950 g/mol. The third-order valence-electron chi connectivity index (χ3n) is 27.4. The van der Waals surface area contributed by atoms with Gasteiger partial charge in [-0.05, 0) is 174 Å². The molecule has 6 aliphatic heterocycles. The average molecular weight is 1950 g/mol. The van der Waals surface area contributed by atoms with Crippen LogP contribution in [-0.2, 0) is 105 Å². The number of amides is 6. The first-order valence-corrected chi connectivity index (χ1v) is 53.7. The Balaban J connectivity index is 0.000000194. The topological polar surface area (TPSA) is 235 Å². The summed E-state index contributed by atoms with van der Waals surface area (Å²) in [5.41, 5.74) is 19.5. The number of ether oxygens (including phenoxy) is 1. The minimum atomic E-state index is -0.00356. The van der Waals surface area contributed by atoms with Crippen LogP contribution < -0.4 is 67.2 Å². The number of aromatic nitrogens is 9. The van der Waals surface area contributed by atoms with Crippen molar-refractivity contribution in [3.63, 3.8) is 0 Å². The molecule has 1 fully saturated rings. The molecule has 0 aromatic carbocycles. The molecule has 7 aromatic rings. The highest BCUT2D eigenvalue weighted by Gasteiger charge is 2.42. The Labute approximate surface area is 837 Å². The second-order valence-electron chi connectivity index (χ2n) is 43.7. The van der Waals surface area contributed by atoms with Crippen molar-refractivity contribution in [2.45, 2.75) is 372 Å². The summed E-state index contributed by atoms with van der Waals surface area (Å²) in [6.45, 7) is 72.7. The molecule has 29 heteroatoms. The lowest BCUT2D eigenvalue weighted by Crippen LogP contribution is -2.57. The van der Waals surface area contributed by atoms with Gasteiger partial charge in [0.15, 0.2) is 78.2 Å². The van der Waals surface area contributed by atoms with Crippen LogP contribution in [0, 0.1) is 47.3 Å². The number of Topliss-reactive ketones (excluding diaryl/α,β-unsaturated/α-hetero) is 2. The number of ketones is 2. The smallest absolute Gasteiger partial charge is 0.392 e. The summed E-state index contributed by atoms with van der Waals surface area (Å²) in [7, 11) is 6.65. The number of hydrogen-bond acceptors (Lipinski definition) is 13. The number of carbonyl (C=O) groups is 8. The van der Waals surface area contributed by atoms with Crippen molar-refractivity contribution in [3.05, 3.63) is 123 Å². The second kappa shape index (κ2) is 51.0. The largest absolute Gasteiger partial charge is 0.441 e. The zero-order valence-electron chi connectivity index (χ0n) is 91.4. The Kier molecular flexibility index (Phi) is 42.1. The number of piperidine rings is 1. The van der Waals surface area contributed by atoms with E-state index in [-0.39, 0.29) is 82.7 Å². The van der Waals surface area contributed by atoms with E-state index in [0.29, 0.717) is 85.6 Å². The van der Waals surface area contributed by atoms with Gasteiger partial charge in [-0.3, -0.25) is 48.9 Å². The SMILES string of the molecule is CC(C)C(=O)Cc1c[n+](C(C)C)c2n1CCC2.CC(C)C(=O)N1CCC([N+](C)(C)C(C)C)CC1.CC(C)C(=O)N1CCOc2c1ccc[n+]2C(C)C.CC(C)C(=O)N1CCc2c(ccc[n+]2C(C)C)N1.CC(C)C(=O)N1CCc2c[n+](C(C)C)sc21.CC(C)C(=O)N1NCCc2c1ccc[n+]2C(C)C.CC(C)C(=O)Nc1sc2c([n+]1C(C)C)CCC2.CC(C)C(=O)c1c2c(n(C(C)C)[n+]1C)CCC2. The lowest BCUT2D eigenvalue weighted by atomic mass is 9.98. The van der Waals surface area contributed by atoms with Gasteiger partial charge in [0, 0.05) is 111 Å². The van der Waals surface area contributed by atoms with E-state index in [1.807, 2.05) is 175 Å². The fourth-order valence-corrected chi connectivity index (χ4v) is 21.4. The zero-order valence-corrected chi connectivity index (χ0v) is 93.1. The summed E-state index contributed by atoms with van der Waals surface area (Å²) >= 11 is 3.46. The van der Waals surface area contributed by atoms with Crippen molar-refractivity contribution < 1.29 is 79.1 Å². The van der Waals surface area contributed by atoms with Crippen LogP contribution in [0.4, 0.5) is 27.2 Å². The van der Waals surface area contributed by atoms with E-state index in [0.717, 1.165) is 140 Å². The minimum Gasteiger partial charge on any atom is -0.441 e. The Morgan fingerprint density at radius 3 is 1.62 bits per heavy atom. The number of nitrogens with one attached hydrogen (secondary N) is 3. The van der Waals surface area contributed by atoms with Crippen LogP contribution in [0.1, 0.15) is 357 Å². The quantitative estimate of drug-likeness (QED) is 0.0348. The third-order valence-corrected chi connectivity index (χ3v) is 30.0. The van der Waals surface area contributed by atoms with Crippen LogP contribution >= 0.6 is 22.9 Å². The molecule has 6 amide bonds. The fraction of sp³-hybridized carbons (Fsp3) is 0.679. The highest BCUT2D eigenvalue weighted by atomic mass is 32.1. The van der Waals surface area contributed by atoms with E-state index in [1.165, 1.54) is 76.0 Å². The molecule has 0 bridgehead atoms. The maximum absolute atomic E-state index is 12.3. The maximum Gasteiger partial charge on any atom is 0.392 e. The molecular weight excluding hydrogens is 1770 g/mol. The molecule has 1 saturated heterocycles. The number of carbonyl (C=O) groups excluding carboxylic acids is 8. The summed E-state index contributed by atoms with van der Waals surface area (Å²) in [6.07, 6.45) is 25.6. The van der Waals surface area contributed by atoms with Crippen LogP contribution in [-0.4, -0.2) is 143 Å². The molecule has 13 heterocycles. The lowest BCUT2D eigenvalue weighted by molar-refractivity contribution is -0.936. The van der Waals surface area contributed by atoms with Gasteiger partial charge >= 0.3 is 16.9 Å². The van der Waals surface area contributed by atoms with E-state index in [2.05, 4.69) is 207 Å². The van der Waals surface area contributed by atoms with E-state index in [1.54, 1.807) is 32.9 Å². The molecule has 764 valence electrons. The number of likely N-dealkylation sites (tertiary alicyclic amines) is 1. The molecule has 7 aromatic heterocycles. The summed E-state index contributed by atoms with van der Waals surface area (Å²) in [5.74, 6) is 4.42. The minimum absolute atomic E-state index is 0.00339. The van der Waals surface area contributed by atoms with E-state index >= 15 is 0 Å². The predicted molar refractivity (Wildman–Crippen MR) is 554 cm³/mol. The Morgan fingerprint density at radius 1 is 0.507 bits per heavy atom.